The predicted molar refractivity (Wildman–Crippen MR) is 35.6 cm³/mol. The number of allylic oxidation sites excluding steroid dienone is 1. The van der Waals surface area contributed by atoms with Gasteiger partial charge in [0.1, 0.15) is 0 Å². The normalized spacial score (nSPS) is 28.6. The van der Waals surface area contributed by atoms with Crippen molar-refractivity contribution < 1.29 is 0 Å². The molecule has 0 bridgehead atoms. The van der Waals surface area contributed by atoms with Crippen molar-refractivity contribution in [2.75, 3.05) is 13.6 Å². The summed E-state index contributed by atoms with van der Waals surface area (Å²) in [4.78, 5) is 2.28. The van der Waals surface area contributed by atoms with Crippen LogP contribution >= 0.6 is 0 Å². The lowest BCUT2D eigenvalue weighted by Crippen LogP contribution is -2.13. The van der Waals surface area contributed by atoms with Gasteiger partial charge in [-0.05, 0) is 12.8 Å². The van der Waals surface area contributed by atoms with E-state index < -0.39 is 0 Å². The first-order chi connectivity index (χ1) is 3.70. The maximum absolute atomic E-state index is 2.31. The van der Waals surface area contributed by atoms with Crippen LogP contribution < -0.4 is 0 Å². The summed E-state index contributed by atoms with van der Waals surface area (Å²) >= 11 is 0. The molecule has 1 unspecified atom stereocenters. The van der Waals surface area contributed by atoms with Gasteiger partial charge in [0.15, 0.2) is 0 Å². The summed E-state index contributed by atoms with van der Waals surface area (Å²) in [6, 6.07) is 0. The fraction of sp³-hybridized carbons (Fsp3) is 0.714. The number of rotatable bonds is 0. The highest BCUT2D eigenvalue weighted by atomic mass is 15.1. The summed E-state index contributed by atoms with van der Waals surface area (Å²) in [5.74, 6) is 0.764. The van der Waals surface area contributed by atoms with E-state index in [0.29, 0.717) is 0 Å². The van der Waals surface area contributed by atoms with Crippen LogP contribution in [-0.4, -0.2) is 18.5 Å². The van der Waals surface area contributed by atoms with Gasteiger partial charge < -0.3 is 4.90 Å². The van der Waals surface area contributed by atoms with E-state index in [9.17, 15) is 0 Å². The molecule has 1 nitrogen and oxygen atoms in total. The molecule has 1 aliphatic heterocycles. The maximum atomic E-state index is 2.31. The van der Waals surface area contributed by atoms with Crippen molar-refractivity contribution >= 4 is 0 Å². The Balaban J connectivity index is 2.59. The summed E-state index contributed by atoms with van der Waals surface area (Å²) in [6.45, 7) is 5.60. The highest BCUT2D eigenvalue weighted by Gasteiger charge is 2.11. The Morgan fingerprint density at radius 1 is 1.75 bits per heavy atom. The Bertz CT molecular complexity index is 116. The highest BCUT2D eigenvalue weighted by Crippen LogP contribution is 2.15. The molecule has 1 atom stereocenters. The molecule has 46 valence electrons. The minimum atomic E-state index is 0.764. The SMILES string of the molecule is CC1=CC(C)CN1C. The van der Waals surface area contributed by atoms with Crippen molar-refractivity contribution in [3.05, 3.63) is 11.8 Å². The Morgan fingerprint density at radius 2 is 2.38 bits per heavy atom. The van der Waals surface area contributed by atoms with Gasteiger partial charge in [-0.2, -0.15) is 0 Å². The van der Waals surface area contributed by atoms with Crippen LogP contribution in [0, 0.1) is 5.92 Å². The van der Waals surface area contributed by atoms with Crippen LogP contribution in [0.3, 0.4) is 0 Å². The zero-order valence-corrected chi connectivity index (χ0v) is 5.81. The van der Waals surface area contributed by atoms with Crippen LogP contribution in [0.4, 0.5) is 0 Å². The molecule has 1 heterocycles. The summed E-state index contributed by atoms with van der Waals surface area (Å²) in [5.41, 5.74) is 1.41. The molecule has 1 rings (SSSR count). The van der Waals surface area contributed by atoms with Crippen LogP contribution in [0.1, 0.15) is 13.8 Å². The van der Waals surface area contributed by atoms with E-state index in [0.717, 1.165) is 5.92 Å². The smallest absolute Gasteiger partial charge is 0.0232 e. The van der Waals surface area contributed by atoms with Crippen LogP contribution in [0.25, 0.3) is 0 Å². The standard InChI is InChI=1S/C7H13N/c1-6-4-7(2)8(3)5-6/h4,6H,5H2,1-3H3. The number of nitrogens with zero attached hydrogens (tertiary/aromatic N) is 1. The third-order valence-corrected chi connectivity index (χ3v) is 1.69. The molecule has 0 aromatic carbocycles. The molecule has 0 saturated heterocycles. The van der Waals surface area contributed by atoms with E-state index in [1.165, 1.54) is 12.2 Å². The molecule has 1 heteroatoms. The van der Waals surface area contributed by atoms with Gasteiger partial charge in [-0.25, -0.2) is 0 Å². The molecule has 0 N–H and O–H groups in total. The summed E-state index contributed by atoms with van der Waals surface area (Å²) in [5, 5.41) is 0. The monoisotopic (exact) mass is 111 g/mol. The second-order valence-corrected chi connectivity index (χ2v) is 2.67. The quantitative estimate of drug-likeness (QED) is 0.457. The topological polar surface area (TPSA) is 3.24 Å². The Kier molecular flexibility index (Phi) is 1.28. The average Bonchev–Trinajstić information content (AvgIpc) is 1.85. The fourth-order valence-corrected chi connectivity index (χ4v) is 1.17. The predicted octanol–water partition coefficient (Wildman–Crippen LogP) is 1.47. The minimum Gasteiger partial charge on any atom is -0.378 e. The fourth-order valence-electron chi connectivity index (χ4n) is 1.17. The number of hydrogen-bond acceptors (Lipinski definition) is 1. The zero-order chi connectivity index (χ0) is 6.15. The third-order valence-electron chi connectivity index (χ3n) is 1.69. The van der Waals surface area contributed by atoms with Crippen LogP contribution in [0.2, 0.25) is 0 Å². The average molecular weight is 111 g/mol. The molecule has 0 spiro atoms. The largest absolute Gasteiger partial charge is 0.378 e. The van der Waals surface area contributed by atoms with E-state index >= 15 is 0 Å². The van der Waals surface area contributed by atoms with Gasteiger partial charge in [0, 0.05) is 19.3 Å². The van der Waals surface area contributed by atoms with E-state index in [1.54, 1.807) is 0 Å². The van der Waals surface area contributed by atoms with Gasteiger partial charge in [-0.3, -0.25) is 0 Å². The Hall–Kier alpha value is -0.460. The Labute approximate surface area is 51.0 Å². The lowest BCUT2D eigenvalue weighted by molar-refractivity contribution is 0.424. The third kappa shape index (κ3) is 0.857. The van der Waals surface area contributed by atoms with Crippen molar-refractivity contribution in [3.63, 3.8) is 0 Å². The van der Waals surface area contributed by atoms with Gasteiger partial charge in [0.25, 0.3) is 0 Å². The van der Waals surface area contributed by atoms with Crippen LogP contribution in [-0.2, 0) is 0 Å². The maximum Gasteiger partial charge on any atom is 0.0232 e. The van der Waals surface area contributed by atoms with Crippen molar-refractivity contribution in [1.82, 2.24) is 4.90 Å². The van der Waals surface area contributed by atoms with Crippen molar-refractivity contribution in [1.29, 1.82) is 0 Å². The molecule has 8 heavy (non-hydrogen) atoms. The second-order valence-electron chi connectivity index (χ2n) is 2.67. The van der Waals surface area contributed by atoms with Gasteiger partial charge in [0.2, 0.25) is 0 Å². The lowest BCUT2D eigenvalue weighted by atomic mass is 10.2. The molecule has 0 fully saturated rings. The first-order valence-corrected chi connectivity index (χ1v) is 3.09. The number of hydrogen-bond donors (Lipinski definition) is 0. The molecule has 0 aromatic rings. The molecule has 0 radical (unpaired) electrons. The zero-order valence-electron chi connectivity index (χ0n) is 5.81. The van der Waals surface area contributed by atoms with E-state index in [4.69, 9.17) is 0 Å². The molecular weight excluding hydrogens is 98.1 g/mol. The molecule has 0 aromatic heterocycles. The first kappa shape index (κ1) is 5.67. The van der Waals surface area contributed by atoms with Crippen LogP contribution in [0.5, 0.6) is 0 Å². The first-order valence-electron chi connectivity index (χ1n) is 3.09. The molecule has 0 aliphatic carbocycles. The molecule has 0 saturated carbocycles. The highest BCUT2D eigenvalue weighted by molar-refractivity contribution is 5.05. The summed E-state index contributed by atoms with van der Waals surface area (Å²) in [6.07, 6.45) is 2.31. The van der Waals surface area contributed by atoms with Crippen LogP contribution in [0.15, 0.2) is 11.8 Å². The van der Waals surface area contributed by atoms with E-state index in [1.807, 2.05) is 0 Å². The molecule has 1 aliphatic rings. The second kappa shape index (κ2) is 1.81. The Morgan fingerprint density at radius 3 is 2.50 bits per heavy atom. The minimum absolute atomic E-state index is 0.764. The summed E-state index contributed by atoms with van der Waals surface area (Å²) < 4.78 is 0. The van der Waals surface area contributed by atoms with Crippen molar-refractivity contribution in [2.45, 2.75) is 13.8 Å². The lowest BCUT2D eigenvalue weighted by Gasteiger charge is -2.11. The van der Waals surface area contributed by atoms with Gasteiger partial charge in [0.05, 0.1) is 0 Å². The van der Waals surface area contributed by atoms with Gasteiger partial charge in [-0.15, -0.1) is 0 Å². The van der Waals surface area contributed by atoms with Gasteiger partial charge >= 0.3 is 0 Å². The van der Waals surface area contributed by atoms with E-state index in [-0.39, 0.29) is 0 Å². The van der Waals surface area contributed by atoms with Crippen molar-refractivity contribution in [3.8, 4) is 0 Å². The summed E-state index contributed by atoms with van der Waals surface area (Å²) in [7, 11) is 2.13. The molecule has 0 amide bonds. The molecular formula is C7H13N. The van der Waals surface area contributed by atoms with E-state index in [2.05, 4.69) is 31.9 Å². The van der Waals surface area contributed by atoms with Crippen molar-refractivity contribution in [2.24, 2.45) is 5.92 Å². The van der Waals surface area contributed by atoms with Gasteiger partial charge in [-0.1, -0.05) is 13.0 Å².